The van der Waals surface area contributed by atoms with E-state index in [1.54, 1.807) is 6.08 Å². The van der Waals surface area contributed by atoms with Crippen LogP contribution in [-0.2, 0) is 12.0 Å². The molecule has 2 unspecified atom stereocenters. The molecule has 0 spiro atoms. The van der Waals surface area contributed by atoms with Gasteiger partial charge in [0.2, 0.25) is 0 Å². The third-order valence-corrected chi connectivity index (χ3v) is 5.33. The van der Waals surface area contributed by atoms with E-state index in [1.807, 2.05) is 30.4 Å². The summed E-state index contributed by atoms with van der Waals surface area (Å²) >= 11 is 0. The summed E-state index contributed by atoms with van der Waals surface area (Å²) in [5.74, 6) is 0.0109. The van der Waals surface area contributed by atoms with Crippen molar-refractivity contribution in [1.82, 2.24) is 5.32 Å². The van der Waals surface area contributed by atoms with Crippen molar-refractivity contribution in [3.05, 3.63) is 70.0 Å². The van der Waals surface area contributed by atoms with Gasteiger partial charge in [0, 0.05) is 33.7 Å². The molecule has 0 saturated carbocycles. The highest BCUT2D eigenvalue weighted by molar-refractivity contribution is 6.13. The van der Waals surface area contributed by atoms with Gasteiger partial charge in [-0.15, -0.1) is 0 Å². The molecule has 0 aromatic heterocycles. The number of Topliss-reactive ketones (excluding diaryl/α,β-unsaturated/α-hetero) is 1. The first kappa shape index (κ1) is 14.9. The maximum atomic E-state index is 13.1. The van der Waals surface area contributed by atoms with E-state index in [9.17, 15) is 9.90 Å². The first-order chi connectivity index (χ1) is 11.5. The Morgan fingerprint density at radius 2 is 2.17 bits per heavy atom. The highest BCUT2D eigenvalue weighted by Crippen LogP contribution is 2.47. The minimum atomic E-state index is -0.352. The fraction of sp³-hybridized carbons (Fsp3) is 0.300. The second-order valence-electron chi connectivity index (χ2n) is 7.07. The highest BCUT2D eigenvalue weighted by Gasteiger charge is 2.47. The number of rotatable bonds is 1. The van der Waals surface area contributed by atoms with Crippen molar-refractivity contribution in [3.8, 4) is 6.07 Å². The lowest BCUT2D eigenvalue weighted by Gasteiger charge is -2.34. The summed E-state index contributed by atoms with van der Waals surface area (Å²) in [6.07, 6.45) is 5.65. The minimum Gasteiger partial charge on any atom is -0.392 e. The zero-order chi connectivity index (χ0) is 17.1. The summed E-state index contributed by atoms with van der Waals surface area (Å²) in [4.78, 5) is 13.1. The van der Waals surface area contributed by atoms with Crippen LogP contribution in [0.15, 0.2) is 53.3 Å². The molecule has 1 aromatic rings. The molecule has 4 heteroatoms. The van der Waals surface area contributed by atoms with E-state index in [2.05, 4.69) is 25.2 Å². The summed E-state index contributed by atoms with van der Waals surface area (Å²) in [6, 6.07) is 7.67. The van der Waals surface area contributed by atoms with Gasteiger partial charge in [0.15, 0.2) is 5.78 Å². The lowest BCUT2D eigenvalue weighted by atomic mass is 9.69. The first-order valence-corrected chi connectivity index (χ1v) is 8.07. The largest absolute Gasteiger partial charge is 0.392 e. The predicted molar refractivity (Wildman–Crippen MR) is 90.0 cm³/mol. The smallest absolute Gasteiger partial charge is 0.191 e. The molecule has 0 amide bonds. The Balaban J connectivity index is 1.87. The quantitative estimate of drug-likeness (QED) is 0.834. The summed E-state index contributed by atoms with van der Waals surface area (Å²) < 4.78 is 0. The number of nitrogens with zero attached hydrogens (tertiary/aromatic N) is 1. The Hall–Kier alpha value is -2.64. The van der Waals surface area contributed by atoms with Crippen molar-refractivity contribution >= 4 is 5.78 Å². The molecule has 4 nitrogen and oxygen atoms in total. The molecule has 120 valence electrons. The average molecular weight is 318 g/mol. The number of benzene rings is 1. The zero-order valence-corrected chi connectivity index (χ0v) is 13.6. The molecule has 3 aliphatic rings. The number of nitrogens with one attached hydrogen (secondary N) is 1. The van der Waals surface area contributed by atoms with Crippen molar-refractivity contribution in [3.63, 3.8) is 0 Å². The van der Waals surface area contributed by atoms with Crippen LogP contribution in [0.5, 0.6) is 0 Å². The van der Waals surface area contributed by atoms with Gasteiger partial charge in [0.25, 0.3) is 0 Å². The van der Waals surface area contributed by atoms with E-state index in [1.165, 1.54) is 0 Å². The van der Waals surface area contributed by atoms with E-state index < -0.39 is 0 Å². The number of nitriles is 1. The van der Waals surface area contributed by atoms with Gasteiger partial charge >= 0.3 is 0 Å². The topological polar surface area (TPSA) is 73.1 Å². The Labute approximate surface area is 140 Å². The van der Waals surface area contributed by atoms with E-state index in [-0.39, 0.29) is 29.8 Å². The summed E-state index contributed by atoms with van der Waals surface area (Å²) in [5.41, 5.74) is 4.47. The van der Waals surface area contributed by atoms with E-state index >= 15 is 0 Å². The highest BCUT2D eigenvalue weighted by atomic mass is 16.3. The first-order valence-electron chi connectivity index (χ1n) is 8.07. The number of hydrogen-bond acceptors (Lipinski definition) is 4. The number of carbonyl (C=O) groups excluding carboxylic acids is 1. The molecule has 1 aromatic carbocycles. The Morgan fingerprint density at radius 1 is 1.38 bits per heavy atom. The molecule has 0 bridgehead atoms. The fourth-order valence-electron chi connectivity index (χ4n) is 4.04. The summed E-state index contributed by atoms with van der Waals surface area (Å²) in [5, 5.41) is 22.0. The molecular weight excluding hydrogens is 300 g/mol. The lowest BCUT2D eigenvalue weighted by Crippen LogP contribution is -2.36. The number of hydrogen-bond donors (Lipinski definition) is 2. The van der Waals surface area contributed by atoms with E-state index in [0.29, 0.717) is 11.1 Å². The van der Waals surface area contributed by atoms with Crippen molar-refractivity contribution in [2.24, 2.45) is 5.92 Å². The molecule has 1 heterocycles. The molecule has 0 fully saturated rings. The number of fused-ring (bicyclic) bond motifs is 3. The molecule has 2 atom stereocenters. The van der Waals surface area contributed by atoms with Crippen molar-refractivity contribution in [2.45, 2.75) is 31.9 Å². The Morgan fingerprint density at radius 3 is 2.88 bits per heavy atom. The number of allylic oxidation sites excluding steroid dienone is 3. The Bertz CT molecular complexity index is 897. The standard InChI is InChI=1S/C20H18N2O2/c1-20(2)15-7-12(10-23)4-5-13(15)18(24)17-14-6-3-11(9-21)8-16(14)22-19(17)20/h3-8,14,16,22-23H,10H2,1-2H3. The third kappa shape index (κ3) is 1.85. The van der Waals surface area contributed by atoms with Crippen LogP contribution in [0.1, 0.15) is 35.3 Å². The van der Waals surface area contributed by atoms with Gasteiger partial charge in [-0.3, -0.25) is 4.79 Å². The second kappa shape index (κ2) is 4.93. The minimum absolute atomic E-state index is 0.0328. The van der Waals surface area contributed by atoms with Crippen LogP contribution in [-0.4, -0.2) is 16.9 Å². The third-order valence-electron chi connectivity index (χ3n) is 5.33. The molecule has 4 rings (SSSR count). The van der Waals surface area contributed by atoms with Gasteiger partial charge in [-0.05, 0) is 23.3 Å². The van der Waals surface area contributed by atoms with Gasteiger partial charge < -0.3 is 10.4 Å². The molecule has 24 heavy (non-hydrogen) atoms. The monoisotopic (exact) mass is 318 g/mol. The molecule has 2 aliphatic carbocycles. The van der Waals surface area contributed by atoms with Gasteiger partial charge in [-0.1, -0.05) is 38.1 Å². The predicted octanol–water partition coefficient (Wildman–Crippen LogP) is 2.51. The lowest BCUT2D eigenvalue weighted by molar-refractivity contribution is 0.102. The van der Waals surface area contributed by atoms with E-state index in [4.69, 9.17) is 5.26 Å². The Kier molecular flexibility index (Phi) is 3.06. The fourth-order valence-corrected chi connectivity index (χ4v) is 4.04. The zero-order valence-electron chi connectivity index (χ0n) is 13.6. The maximum absolute atomic E-state index is 13.1. The summed E-state index contributed by atoms with van der Waals surface area (Å²) in [7, 11) is 0. The number of carbonyl (C=O) groups is 1. The summed E-state index contributed by atoms with van der Waals surface area (Å²) in [6.45, 7) is 4.15. The number of aliphatic hydroxyl groups is 1. The van der Waals surface area contributed by atoms with Crippen LogP contribution in [0.2, 0.25) is 0 Å². The SMILES string of the molecule is CC1(C)C2=C(C(=O)c3ccc(CO)cc31)C1C=CC(C#N)=CC1N2. The van der Waals surface area contributed by atoms with Crippen LogP contribution >= 0.6 is 0 Å². The van der Waals surface area contributed by atoms with Crippen molar-refractivity contribution in [1.29, 1.82) is 5.26 Å². The second-order valence-corrected chi connectivity index (χ2v) is 7.07. The molecule has 0 radical (unpaired) electrons. The average Bonchev–Trinajstić information content (AvgIpc) is 2.99. The molecule has 2 N–H and O–H groups in total. The van der Waals surface area contributed by atoms with Gasteiger partial charge in [0.1, 0.15) is 0 Å². The molecule has 1 aliphatic heterocycles. The van der Waals surface area contributed by atoms with Crippen LogP contribution in [0.25, 0.3) is 0 Å². The maximum Gasteiger partial charge on any atom is 0.191 e. The number of ketones is 1. The van der Waals surface area contributed by atoms with Crippen LogP contribution in [0, 0.1) is 17.2 Å². The van der Waals surface area contributed by atoms with Crippen molar-refractivity contribution in [2.75, 3.05) is 0 Å². The van der Waals surface area contributed by atoms with E-state index in [0.717, 1.165) is 22.4 Å². The van der Waals surface area contributed by atoms with Gasteiger partial charge in [0.05, 0.1) is 18.7 Å². The van der Waals surface area contributed by atoms with Gasteiger partial charge in [-0.2, -0.15) is 5.26 Å². The van der Waals surface area contributed by atoms with Crippen molar-refractivity contribution < 1.29 is 9.90 Å². The molecular formula is C20H18N2O2. The van der Waals surface area contributed by atoms with Gasteiger partial charge in [-0.25, -0.2) is 0 Å². The molecule has 0 saturated heterocycles. The van der Waals surface area contributed by atoms with Crippen LogP contribution < -0.4 is 5.32 Å². The normalized spacial score (nSPS) is 26.1. The van der Waals surface area contributed by atoms with Crippen LogP contribution in [0.3, 0.4) is 0 Å². The number of aliphatic hydroxyl groups excluding tert-OH is 1. The van der Waals surface area contributed by atoms with Crippen LogP contribution in [0.4, 0.5) is 0 Å².